The van der Waals surface area contributed by atoms with Crippen molar-refractivity contribution in [1.29, 1.82) is 0 Å². The number of anilines is 2. The van der Waals surface area contributed by atoms with Gasteiger partial charge in [0.15, 0.2) is 0 Å². The SMILES string of the molecule is COc1ccc(Nc2ccc(C)cc2)c(Cl)c1. The van der Waals surface area contributed by atoms with Crippen molar-refractivity contribution in [2.45, 2.75) is 6.92 Å². The number of benzene rings is 2. The minimum Gasteiger partial charge on any atom is -0.497 e. The van der Waals surface area contributed by atoms with E-state index in [1.165, 1.54) is 5.56 Å². The van der Waals surface area contributed by atoms with Crippen LogP contribution in [0.3, 0.4) is 0 Å². The zero-order chi connectivity index (χ0) is 12.3. The Morgan fingerprint density at radius 1 is 1.06 bits per heavy atom. The molecule has 0 aromatic heterocycles. The Labute approximate surface area is 106 Å². The van der Waals surface area contributed by atoms with Crippen LogP contribution >= 0.6 is 11.6 Å². The van der Waals surface area contributed by atoms with E-state index in [1.54, 1.807) is 13.2 Å². The molecule has 3 heteroatoms. The molecule has 2 rings (SSSR count). The third-order valence-electron chi connectivity index (χ3n) is 2.51. The molecule has 0 radical (unpaired) electrons. The van der Waals surface area contributed by atoms with Crippen molar-refractivity contribution in [2.75, 3.05) is 12.4 Å². The van der Waals surface area contributed by atoms with Crippen LogP contribution in [-0.4, -0.2) is 7.11 Å². The molecule has 0 atom stereocenters. The van der Waals surface area contributed by atoms with Crippen molar-refractivity contribution in [3.8, 4) is 5.75 Å². The molecule has 2 aromatic carbocycles. The van der Waals surface area contributed by atoms with Gasteiger partial charge in [-0.3, -0.25) is 0 Å². The number of methoxy groups -OCH3 is 1. The lowest BCUT2D eigenvalue weighted by Crippen LogP contribution is -1.92. The van der Waals surface area contributed by atoms with E-state index in [0.29, 0.717) is 5.02 Å². The lowest BCUT2D eigenvalue weighted by atomic mass is 10.2. The molecule has 0 unspecified atom stereocenters. The Kier molecular flexibility index (Phi) is 3.55. The second-order valence-electron chi connectivity index (χ2n) is 3.84. The molecule has 1 N–H and O–H groups in total. The van der Waals surface area contributed by atoms with Gasteiger partial charge in [-0.2, -0.15) is 0 Å². The van der Waals surface area contributed by atoms with Crippen LogP contribution in [0.1, 0.15) is 5.56 Å². The summed E-state index contributed by atoms with van der Waals surface area (Å²) in [4.78, 5) is 0. The Balaban J connectivity index is 2.21. The molecule has 0 spiro atoms. The van der Waals surface area contributed by atoms with Crippen LogP contribution in [0.15, 0.2) is 42.5 Å². The molecular formula is C14H14ClNO. The van der Waals surface area contributed by atoms with Gasteiger partial charge >= 0.3 is 0 Å². The van der Waals surface area contributed by atoms with Gasteiger partial charge in [0.25, 0.3) is 0 Å². The van der Waals surface area contributed by atoms with Gasteiger partial charge in [-0.15, -0.1) is 0 Å². The van der Waals surface area contributed by atoms with Gasteiger partial charge in [0.2, 0.25) is 0 Å². The van der Waals surface area contributed by atoms with Gasteiger partial charge in [0, 0.05) is 11.8 Å². The van der Waals surface area contributed by atoms with Gasteiger partial charge in [0.05, 0.1) is 17.8 Å². The summed E-state index contributed by atoms with van der Waals surface area (Å²) in [7, 11) is 1.62. The van der Waals surface area contributed by atoms with E-state index >= 15 is 0 Å². The molecular weight excluding hydrogens is 234 g/mol. The zero-order valence-electron chi connectivity index (χ0n) is 9.83. The standard InChI is InChI=1S/C14H14ClNO/c1-10-3-5-11(6-4-10)16-14-8-7-12(17-2)9-13(14)15/h3-9,16H,1-2H3. The van der Waals surface area contributed by atoms with Gasteiger partial charge in [-0.05, 0) is 31.2 Å². The van der Waals surface area contributed by atoms with Crippen LogP contribution < -0.4 is 10.1 Å². The molecule has 0 saturated heterocycles. The van der Waals surface area contributed by atoms with Crippen LogP contribution in [-0.2, 0) is 0 Å². The smallest absolute Gasteiger partial charge is 0.120 e. The lowest BCUT2D eigenvalue weighted by Gasteiger charge is -2.09. The number of nitrogens with one attached hydrogen (secondary N) is 1. The molecule has 0 aliphatic carbocycles. The number of aryl methyl sites for hydroxylation is 1. The quantitative estimate of drug-likeness (QED) is 0.868. The largest absolute Gasteiger partial charge is 0.497 e. The summed E-state index contributed by atoms with van der Waals surface area (Å²) in [5.74, 6) is 0.754. The van der Waals surface area contributed by atoms with E-state index < -0.39 is 0 Å². The van der Waals surface area contributed by atoms with Gasteiger partial charge in [0.1, 0.15) is 5.75 Å². The second kappa shape index (κ2) is 5.11. The molecule has 0 aliphatic rings. The molecule has 0 fully saturated rings. The Bertz CT molecular complexity index is 508. The van der Waals surface area contributed by atoms with Gasteiger partial charge in [-0.1, -0.05) is 29.3 Å². The van der Waals surface area contributed by atoms with Crippen molar-refractivity contribution in [1.82, 2.24) is 0 Å². The second-order valence-corrected chi connectivity index (χ2v) is 4.24. The van der Waals surface area contributed by atoms with E-state index in [9.17, 15) is 0 Å². The summed E-state index contributed by atoms with van der Waals surface area (Å²) < 4.78 is 5.10. The van der Waals surface area contributed by atoms with E-state index in [4.69, 9.17) is 16.3 Å². The summed E-state index contributed by atoms with van der Waals surface area (Å²) in [6.45, 7) is 2.06. The number of hydrogen-bond acceptors (Lipinski definition) is 2. The van der Waals surface area contributed by atoms with E-state index in [-0.39, 0.29) is 0 Å². The van der Waals surface area contributed by atoms with Crippen LogP contribution in [0.2, 0.25) is 5.02 Å². The number of rotatable bonds is 3. The van der Waals surface area contributed by atoms with Gasteiger partial charge in [-0.25, -0.2) is 0 Å². The molecule has 0 bridgehead atoms. The third-order valence-corrected chi connectivity index (χ3v) is 2.82. The summed E-state index contributed by atoms with van der Waals surface area (Å²) >= 11 is 6.15. The molecule has 0 aliphatic heterocycles. The van der Waals surface area contributed by atoms with Crippen LogP contribution in [0, 0.1) is 6.92 Å². The maximum absolute atomic E-state index is 6.15. The lowest BCUT2D eigenvalue weighted by molar-refractivity contribution is 0.415. The Hall–Kier alpha value is -1.67. The molecule has 2 nitrogen and oxygen atoms in total. The van der Waals surface area contributed by atoms with Gasteiger partial charge < -0.3 is 10.1 Å². The average molecular weight is 248 g/mol. The van der Waals surface area contributed by atoms with Crippen molar-refractivity contribution < 1.29 is 4.74 Å². The number of ether oxygens (including phenoxy) is 1. The highest BCUT2D eigenvalue weighted by atomic mass is 35.5. The average Bonchev–Trinajstić information content (AvgIpc) is 2.34. The van der Waals surface area contributed by atoms with E-state index in [2.05, 4.69) is 24.4 Å². The fourth-order valence-electron chi connectivity index (χ4n) is 1.52. The summed E-state index contributed by atoms with van der Waals surface area (Å²) in [6.07, 6.45) is 0. The summed E-state index contributed by atoms with van der Waals surface area (Å²) in [6, 6.07) is 13.7. The van der Waals surface area contributed by atoms with Crippen molar-refractivity contribution >= 4 is 23.0 Å². The Morgan fingerprint density at radius 3 is 2.35 bits per heavy atom. The Morgan fingerprint density at radius 2 is 1.76 bits per heavy atom. The summed E-state index contributed by atoms with van der Waals surface area (Å²) in [5, 5.41) is 3.91. The van der Waals surface area contributed by atoms with Crippen molar-refractivity contribution in [2.24, 2.45) is 0 Å². The first kappa shape index (κ1) is 11.8. The molecule has 2 aromatic rings. The molecule has 0 amide bonds. The highest BCUT2D eigenvalue weighted by molar-refractivity contribution is 6.33. The normalized spacial score (nSPS) is 10.1. The fraction of sp³-hybridized carbons (Fsp3) is 0.143. The first-order valence-corrected chi connectivity index (χ1v) is 5.74. The fourth-order valence-corrected chi connectivity index (χ4v) is 1.73. The first-order valence-electron chi connectivity index (χ1n) is 5.36. The van der Waals surface area contributed by atoms with Crippen LogP contribution in [0.25, 0.3) is 0 Å². The maximum Gasteiger partial charge on any atom is 0.120 e. The molecule has 0 saturated carbocycles. The predicted molar refractivity (Wildman–Crippen MR) is 72.5 cm³/mol. The predicted octanol–water partition coefficient (Wildman–Crippen LogP) is 4.40. The van der Waals surface area contributed by atoms with Crippen LogP contribution in [0.4, 0.5) is 11.4 Å². The summed E-state index contributed by atoms with van der Waals surface area (Å²) in [5.41, 5.74) is 3.12. The maximum atomic E-state index is 6.15. The molecule has 0 heterocycles. The molecule has 17 heavy (non-hydrogen) atoms. The highest BCUT2D eigenvalue weighted by Crippen LogP contribution is 2.29. The highest BCUT2D eigenvalue weighted by Gasteiger charge is 2.02. The first-order chi connectivity index (χ1) is 8.19. The van der Waals surface area contributed by atoms with Crippen molar-refractivity contribution in [3.05, 3.63) is 53.1 Å². The monoisotopic (exact) mass is 247 g/mol. The minimum absolute atomic E-state index is 0.643. The zero-order valence-corrected chi connectivity index (χ0v) is 10.6. The van der Waals surface area contributed by atoms with E-state index in [0.717, 1.165) is 17.1 Å². The number of hydrogen-bond donors (Lipinski definition) is 1. The third kappa shape index (κ3) is 2.92. The van der Waals surface area contributed by atoms with Crippen molar-refractivity contribution in [3.63, 3.8) is 0 Å². The van der Waals surface area contributed by atoms with Crippen LogP contribution in [0.5, 0.6) is 5.75 Å². The molecule has 88 valence electrons. The number of halogens is 1. The van der Waals surface area contributed by atoms with E-state index in [1.807, 2.05) is 24.3 Å². The topological polar surface area (TPSA) is 21.3 Å². The minimum atomic E-state index is 0.643.